The number of hydrogen-bond donors (Lipinski definition) is 2. The van der Waals surface area contributed by atoms with Gasteiger partial charge in [0.1, 0.15) is 0 Å². The topological polar surface area (TPSA) is 95.6 Å². The van der Waals surface area contributed by atoms with E-state index in [1.807, 2.05) is 0 Å². The van der Waals surface area contributed by atoms with Gasteiger partial charge in [-0.2, -0.15) is 4.31 Å². The highest BCUT2D eigenvalue weighted by molar-refractivity contribution is 7.89. The Morgan fingerprint density at radius 1 is 1.23 bits per heavy atom. The summed E-state index contributed by atoms with van der Waals surface area (Å²) in [6.45, 7) is 0.837. The smallest absolute Gasteiger partial charge is 0.243 e. The largest absolute Gasteiger partial charge is 0.356 e. The molecular weight excluding hydrogens is 378 g/mol. The van der Waals surface area contributed by atoms with Gasteiger partial charge in [-0.15, -0.1) is 0 Å². The zero-order valence-electron chi connectivity index (χ0n) is 14.4. The number of amides is 2. The summed E-state index contributed by atoms with van der Waals surface area (Å²) in [6.07, 6.45) is 3.83. The first-order valence-corrected chi connectivity index (χ1v) is 10.1. The lowest BCUT2D eigenvalue weighted by Crippen LogP contribution is -2.43. The van der Waals surface area contributed by atoms with Crippen molar-refractivity contribution in [2.24, 2.45) is 5.92 Å². The molecule has 1 aliphatic rings. The highest BCUT2D eigenvalue weighted by Gasteiger charge is 2.31. The van der Waals surface area contributed by atoms with E-state index in [9.17, 15) is 18.0 Å². The molecule has 2 amide bonds. The lowest BCUT2D eigenvalue weighted by molar-refractivity contribution is -0.126. The van der Waals surface area contributed by atoms with Crippen LogP contribution in [0.5, 0.6) is 0 Å². The number of carbonyl (C=O) groups excluding carboxylic acids is 2. The first-order valence-electron chi connectivity index (χ1n) is 8.26. The van der Waals surface area contributed by atoms with Crippen molar-refractivity contribution in [3.05, 3.63) is 41.4 Å². The predicted molar refractivity (Wildman–Crippen MR) is 99.2 cm³/mol. The molecule has 1 aromatic rings. The van der Waals surface area contributed by atoms with Gasteiger partial charge >= 0.3 is 0 Å². The van der Waals surface area contributed by atoms with E-state index in [0.29, 0.717) is 17.9 Å². The average Bonchev–Trinajstić information content (AvgIpc) is 2.65. The number of hydrogen-bond acceptors (Lipinski definition) is 4. The number of nitrogens with zero attached hydrogens (tertiary/aromatic N) is 1. The number of rotatable bonds is 6. The van der Waals surface area contributed by atoms with Crippen molar-refractivity contribution in [1.82, 2.24) is 14.9 Å². The van der Waals surface area contributed by atoms with Crippen LogP contribution in [-0.2, 0) is 19.6 Å². The fourth-order valence-electron chi connectivity index (χ4n) is 2.67. The van der Waals surface area contributed by atoms with Crippen molar-refractivity contribution in [2.45, 2.75) is 17.7 Å². The van der Waals surface area contributed by atoms with Crippen LogP contribution < -0.4 is 10.6 Å². The molecule has 2 rings (SSSR count). The number of likely N-dealkylation sites (N-methyl/N-ethyl adjacent to an activating group) is 1. The maximum atomic E-state index is 12.6. The molecule has 1 saturated heterocycles. The third kappa shape index (κ3) is 5.30. The van der Waals surface area contributed by atoms with E-state index < -0.39 is 10.0 Å². The molecule has 0 radical (unpaired) electrons. The van der Waals surface area contributed by atoms with Gasteiger partial charge in [-0.05, 0) is 37.1 Å². The minimum Gasteiger partial charge on any atom is -0.356 e. The first-order chi connectivity index (χ1) is 12.3. The summed E-state index contributed by atoms with van der Waals surface area (Å²) >= 11 is 5.80. The lowest BCUT2D eigenvalue weighted by Gasteiger charge is -2.30. The SMILES string of the molecule is CNC(=O)/C=C/CNC(=O)C1CCN(S(=O)(=O)c2ccc(Cl)cc2)CC1. The van der Waals surface area contributed by atoms with Gasteiger partial charge in [0, 0.05) is 43.7 Å². The van der Waals surface area contributed by atoms with Crippen LogP contribution in [0.4, 0.5) is 0 Å². The van der Waals surface area contributed by atoms with E-state index in [0.717, 1.165) is 0 Å². The molecule has 7 nitrogen and oxygen atoms in total. The zero-order valence-corrected chi connectivity index (χ0v) is 16.0. The second-order valence-corrected chi connectivity index (χ2v) is 8.27. The summed E-state index contributed by atoms with van der Waals surface area (Å²) in [6, 6.07) is 6.05. The molecule has 0 bridgehead atoms. The van der Waals surface area contributed by atoms with Crippen LogP contribution >= 0.6 is 11.6 Å². The second kappa shape index (κ2) is 9.16. The standard InChI is InChI=1S/C17H22ClN3O4S/c1-19-16(22)3-2-10-20-17(23)13-8-11-21(12-9-13)26(24,25)15-6-4-14(18)5-7-15/h2-7,13H,8-12H2,1H3,(H,19,22)(H,20,23)/b3-2+. The highest BCUT2D eigenvalue weighted by Crippen LogP contribution is 2.24. The maximum absolute atomic E-state index is 12.6. The predicted octanol–water partition coefficient (Wildman–Crippen LogP) is 1.16. The number of halogens is 1. The van der Waals surface area contributed by atoms with Crippen LogP contribution in [-0.4, -0.2) is 51.2 Å². The van der Waals surface area contributed by atoms with Crippen LogP contribution in [0.2, 0.25) is 5.02 Å². The normalized spacial score (nSPS) is 16.5. The van der Waals surface area contributed by atoms with Gasteiger partial charge in [-0.25, -0.2) is 8.42 Å². The van der Waals surface area contributed by atoms with E-state index >= 15 is 0 Å². The van der Waals surface area contributed by atoms with E-state index in [1.165, 1.54) is 29.6 Å². The molecule has 142 valence electrons. The molecule has 9 heteroatoms. The Morgan fingerprint density at radius 2 is 1.85 bits per heavy atom. The third-order valence-electron chi connectivity index (χ3n) is 4.19. The van der Waals surface area contributed by atoms with Crippen LogP contribution in [0.15, 0.2) is 41.3 Å². The molecule has 0 aromatic heterocycles. The van der Waals surface area contributed by atoms with E-state index in [4.69, 9.17) is 11.6 Å². The zero-order chi connectivity index (χ0) is 19.2. The first kappa shape index (κ1) is 20.4. The summed E-state index contributed by atoms with van der Waals surface area (Å²) in [4.78, 5) is 23.4. The number of nitrogens with one attached hydrogen (secondary N) is 2. The Labute approximate surface area is 158 Å². The number of carbonyl (C=O) groups is 2. The molecule has 0 spiro atoms. The van der Waals surface area contributed by atoms with Crippen LogP contribution in [0.25, 0.3) is 0 Å². The molecule has 0 saturated carbocycles. The van der Waals surface area contributed by atoms with Gasteiger partial charge in [0.2, 0.25) is 21.8 Å². The second-order valence-electron chi connectivity index (χ2n) is 5.89. The number of piperidine rings is 1. The van der Waals surface area contributed by atoms with Crippen LogP contribution in [0, 0.1) is 5.92 Å². The fraction of sp³-hybridized carbons (Fsp3) is 0.412. The highest BCUT2D eigenvalue weighted by atomic mass is 35.5. The molecule has 26 heavy (non-hydrogen) atoms. The van der Waals surface area contributed by atoms with Crippen molar-refractivity contribution in [1.29, 1.82) is 0 Å². The Hall–Kier alpha value is -1.90. The van der Waals surface area contributed by atoms with Gasteiger partial charge in [0.05, 0.1) is 4.90 Å². The number of benzene rings is 1. The van der Waals surface area contributed by atoms with Crippen molar-refractivity contribution in [3.8, 4) is 0 Å². The summed E-state index contributed by atoms with van der Waals surface area (Å²) in [5.41, 5.74) is 0. The lowest BCUT2D eigenvalue weighted by atomic mass is 9.97. The molecule has 1 heterocycles. The maximum Gasteiger partial charge on any atom is 0.243 e. The van der Waals surface area contributed by atoms with Crippen LogP contribution in [0.3, 0.4) is 0 Å². The Morgan fingerprint density at radius 3 is 2.42 bits per heavy atom. The fourth-order valence-corrected chi connectivity index (χ4v) is 4.26. The van der Waals surface area contributed by atoms with E-state index in [1.54, 1.807) is 18.2 Å². The Balaban J connectivity index is 1.86. The monoisotopic (exact) mass is 399 g/mol. The average molecular weight is 400 g/mol. The van der Waals surface area contributed by atoms with Crippen LogP contribution in [0.1, 0.15) is 12.8 Å². The van der Waals surface area contributed by atoms with Crippen molar-refractivity contribution < 1.29 is 18.0 Å². The molecule has 1 aromatic carbocycles. The van der Waals surface area contributed by atoms with Crippen molar-refractivity contribution in [2.75, 3.05) is 26.7 Å². The van der Waals surface area contributed by atoms with E-state index in [-0.39, 0.29) is 42.3 Å². The molecule has 0 atom stereocenters. The Bertz CT molecular complexity index is 770. The van der Waals surface area contributed by atoms with Gasteiger partial charge < -0.3 is 10.6 Å². The minimum absolute atomic E-state index is 0.130. The quantitative estimate of drug-likeness (QED) is 0.701. The molecule has 0 unspecified atom stereocenters. The summed E-state index contributed by atoms with van der Waals surface area (Å²) in [5, 5.41) is 5.66. The molecular formula is C17H22ClN3O4S. The van der Waals surface area contributed by atoms with Gasteiger partial charge in [-0.1, -0.05) is 17.7 Å². The van der Waals surface area contributed by atoms with Gasteiger partial charge in [0.25, 0.3) is 0 Å². The summed E-state index contributed by atoms with van der Waals surface area (Å²) in [7, 11) is -2.05. The van der Waals surface area contributed by atoms with Crippen molar-refractivity contribution >= 4 is 33.4 Å². The third-order valence-corrected chi connectivity index (χ3v) is 6.35. The molecule has 0 aliphatic carbocycles. The summed E-state index contributed by atoms with van der Waals surface area (Å²) in [5.74, 6) is -0.602. The van der Waals surface area contributed by atoms with E-state index in [2.05, 4.69) is 10.6 Å². The Kier molecular flexibility index (Phi) is 7.19. The molecule has 1 fully saturated rings. The number of sulfonamides is 1. The summed E-state index contributed by atoms with van der Waals surface area (Å²) < 4.78 is 26.6. The molecule has 2 N–H and O–H groups in total. The van der Waals surface area contributed by atoms with Gasteiger partial charge in [-0.3, -0.25) is 9.59 Å². The van der Waals surface area contributed by atoms with Crippen molar-refractivity contribution in [3.63, 3.8) is 0 Å². The van der Waals surface area contributed by atoms with Gasteiger partial charge in [0.15, 0.2) is 0 Å². The molecule has 1 aliphatic heterocycles. The minimum atomic E-state index is -3.57.